The number of nitrogen functional groups attached to an aromatic ring is 1. The lowest BCUT2D eigenvalue weighted by molar-refractivity contribution is 0.130. The predicted molar refractivity (Wildman–Crippen MR) is 128 cm³/mol. The van der Waals surface area contributed by atoms with Crippen LogP contribution in [0, 0.1) is 0 Å². The Morgan fingerprint density at radius 3 is 2.74 bits per heavy atom. The molecule has 0 spiro atoms. The average molecular weight is 435 g/mol. The van der Waals surface area contributed by atoms with Gasteiger partial charge in [0.1, 0.15) is 12.9 Å². The molecule has 2 N–H and O–H groups in total. The Morgan fingerprint density at radius 1 is 1.16 bits per heavy atom. The van der Waals surface area contributed by atoms with Gasteiger partial charge >= 0.3 is 0 Å². The zero-order valence-electron chi connectivity index (χ0n) is 18.6. The van der Waals surface area contributed by atoms with Crippen molar-refractivity contribution >= 4 is 24.8 Å². The molecule has 1 atom stereocenters. The average Bonchev–Trinajstić information content (AvgIpc) is 3.35. The topological polar surface area (TPSA) is 83.8 Å². The van der Waals surface area contributed by atoms with Crippen molar-refractivity contribution in [1.29, 1.82) is 0 Å². The minimum absolute atomic E-state index is 0.115. The van der Waals surface area contributed by atoms with E-state index < -0.39 is 8.07 Å². The van der Waals surface area contributed by atoms with Crippen LogP contribution in [0.25, 0.3) is 22.3 Å². The third-order valence-corrected chi connectivity index (χ3v) is 7.11. The highest BCUT2D eigenvalue weighted by Gasteiger charge is 2.17. The van der Waals surface area contributed by atoms with Crippen molar-refractivity contribution in [3.8, 4) is 11.3 Å². The highest BCUT2D eigenvalue weighted by atomic mass is 28.3. The Labute approximate surface area is 183 Å². The van der Waals surface area contributed by atoms with Crippen molar-refractivity contribution in [2.45, 2.75) is 45.1 Å². The molecule has 0 aliphatic rings. The maximum absolute atomic E-state index is 5.99. The Hall–Kier alpha value is -3.13. The number of nitrogens with two attached hydrogens (primary N) is 1. The van der Waals surface area contributed by atoms with Crippen LogP contribution in [0.15, 0.2) is 55.2 Å². The summed E-state index contributed by atoms with van der Waals surface area (Å²) in [4.78, 5) is 15.0. The lowest BCUT2D eigenvalue weighted by atomic mass is 10.0. The van der Waals surface area contributed by atoms with Gasteiger partial charge in [-0.3, -0.25) is 4.68 Å². The van der Waals surface area contributed by atoms with Crippen LogP contribution in [0.2, 0.25) is 25.7 Å². The Bertz CT molecular complexity index is 1180. The van der Waals surface area contributed by atoms with Crippen LogP contribution in [0.3, 0.4) is 0 Å². The molecule has 8 heteroatoms. The molecule has 162 valence electrons. The van der Waals surface area contributed by atoms with Crippen molar-refractivity contribution < 1.29 is 4.84 Å². The third-order valence-electron chi connectivity index (χ3n) is 5.41. The minimum Gasteiger partial charge on any atom is -0.413 e. The molecule has 1 aromatic carbocycles. The molecule has 7 nitrogen and oxygen atoms in total. The second-order valence-electron chi connectivity index (χ2n) is 9.05. The van der Waals surface area contributed by atoms with Gasteiger partial charge in [-0.1, -0.05) is 38.7 Å². The van der Waals surface area contributed by atoms with Crippen LogP contribution in [0.1, 0.15) is 24.9 Å². The first-order valence-electron chi connectivity index (χ1n) is 10.7. The highest BCUT2D eigenvalue weighted by Crippen LogP contribution is 2.29. The van der Waals surface area contributed by atoms with Gasteiger partial charge in [-0.25, -0.2) is 9.97 Å². The molecule has 4 rings (SSSR count). The highest BCUT2D eigenvalue weighted by molar-refractivity contribution is 6.76. The number of hydrogen-bond acceptors (Lipinski definition) is 5. The molecule has 0 aliphatic carbocycles. The van der Waals surface area contributed by atoms with Gasteiger partial charge in [0.2, 0.25) is 0 Å². The van der Waals surface area contributed by atoms with Crippen molar-refractivity contribution in [2.24, 2.45) is 0 Å². The van der Waals surface area contributed by atoms with Crippen LogP contribution in [0.5, 0.6) is 0 Å². The van der Waals surface area contributed by atoms with E-state index >= 15 is 0 Å². The first kappa shape index (κ1) is 21.1. The lowest BCUT2D eigenvalue weighted by Gasteiger charge is -2.16. The van der Waals surface area contributed by atoms with Crippen molar-refractivity contribution in [2.75, 3.05) is 12.3 Å². The fraction of sp³-hybridized carbons (Fsp3) is 0.348. The van der Waals surface area contributed by atoms with E-state index in [0.717, 1.165) is 46.0 Å². The van der Waals surface area contributed by atoms with E-state index in [9.17, 15) is 0 Å². The normalized spacial score (nSPS) is 12.9. The van der Waals surface area contributed by atoms with Crippen molar-refractivity contribution in [3.05, 3.63) is 60.8 Å². The van der Waals surface area contributed by atoms with E-state index in [2.05, 4.69) is 47.7 Å². The summed E-state index contributed by atoms with van der Waals surface area (Å²) in [5.41, 5.74) is 10.5. The van der Waals surface area contributed by atoms with E-state index in [0.29, 0.717) is 6.61 Å². The first-order valence-corrected chi connectivity index (χ1v) is 14.4. The maximum atomic E-state index is 5.99. The minimum atomic E-state index is -1.16. The molecule has 0 saturated carbocycles. The van der Waals surface area contributed by atoms with Crippen LogP contribution in [-0.4, -0.2) is 39.2 Å². The summed E-state index contributed by atoms with van der Waals surface area (Å²) in [6.45, 7) is 9.87. The maximum Gasteiger partial charge on any atom is 0.179 e. The van der Waals surface area contributed by atoms with Gasteiger partial charge in [-0.05, 0) is 36.2 Å². The number of fused-ring (bicyclic) bond motifs is 1. The second-order valence-corrected chi connectivity index (χ2v) is 14.7. The number of hydrogen-bond donors (Lipinski definition) is 1. The second kappa shape index (κ2) is 8.54. The van der Waals surface area contributed by atoms with Gasteiger partial charge in [0.15, 0.2) is 5.65 Å². The zero-order valence-corrected chi connectivity index (χ0v) is 19.6. The molecule has 1 unspecified atom stereocenters. The predicted octanol–water partition coefficient (Wildman–Crippen LogP) is 4.64. The summed E-state index contributed by atoms with van der Waals surface area (Å²) in [6.07, 6.45) is 8.31. The fourth-order valence-corrected chi connectivity index (χ4v) is 4.39. The van der Waals surface area contributed by atoms with Gasteiger partial charge in [0.05, 0.1) is 17.9 Å². The molecule has 0 saturated heterocycles. The van der Waals surface area contributed by atoms with E-state index in [4.69, 9.17) is 10.6 Å². The summed E-state index contributed by atoms with van der Waals surface area (Å²) in [7, 11) is -1.16. The Balaban J connectivity index is 1.62. The molecule has 3 aromatic heterocycles. The molecule has 0 amide bonds. The first-order chi connectivity index (χ1) is 14.9. The third kappa shape index (κ3) is 4.64. The fourth-order valence-electron chi connectivity index (χ4n) is 3.69. The molecule has 4 aromatic rings. The largest absolute Gasteiger partial charge is 0.413 e. The van der Waals surface area contributed by atoms with Crippen molar-refractivity contribution in [3.63, 3.8) is 0 Å². The van der Waals surface area contributed by atoms with Gasteiger partial charge in [0.25, 0.3) is 0 Å². The Morgan fingerprint density at radius 2 is 2.00 bits per heavy atom. The zero-order chi connectivity index (χ0) is 22.0. The molecule has 0 radical (unpaired) electrons. The van der Waals surface area contributed by atoms with E-state index in [1.807, 2.05) is 47.5 Å². The van der Waals surface area contributed by atoms with Crippen molar-refractivity contribution in [1.82, 2.24) is 24.5 Å². The van der Waals surface area contributed by atoms with Gasteiger partial charge in [-0.15, -0.1) is 0 Å². The van der Waals surface area contributed by atoms with E-state index in [-0.39, 0.29) is 6.04 Å². The van der Waals surface area contributed by atoms with E-state index in [1.165, 1.54) is 0 Å². The van der Waals surface area contributed by atoms with Crippen LogP contribution in [-0.2, 0) is 0 Å². The summed E-state index contributed by atoms with van der Waals surface area (Å²) in [5.74, 6) is 0. The number of nitrogens with zero attached hydrogens (tertiary/aromatic N) is 5. The van der Waals surface area contributed by atoms with E-state index in [1.54, 1.807) is 11.1 Å². The molecular weight excluding hydrogens is 404 g/mol. The molecule has 3 heterocycles. The molecule has 0 aliphatic heterocycles. The van der Waals surface area contributed by atoms with Gasteiger partial charge in [0, 0.05) is 37.1 Å². The summed E-state index contributed by atoms with van der Waals surface area (Å²) < 4.78 is 3.74. The molecular formula is C23H30N6OSi. The molecule has 31 heavy (non-hydrogen) atoms. The monoisotopic (exact) mass is 434 g/mol. The molecule has 0 fully saturated rings. The lowest BCUT2D eigenvalue weighted by Crippen LogP contribution is -2.25. The number of benzene rings is 1. The summed E-state index contributed by atoms with van der Waals surface area (Å²) in [6, 6.07) is 11.2. The number of aromatic nitrogens is 5. The number of anilines is 1. The van der Waals surface area contributed by atoms with Gasteiger partial charge < -0.3 is 10.6 Å². The summed E-state index contributed by atoms with van der Waals surface area (Å²) >= 11 is 0. The summed E-state index contributed by atoms with van der Waals surface area (Å²) in [5, 5.41) is 5.59. The smallest absolute Gasteiger partial charge is 0.179 e. The standard InChI is InChI=1S/C23H30N6OSi/c1-5-21(17-7-6-8-19(24)13-17)28-15-18(14-27-28)22-20-9-10-29(23(20)26-16-25-22)30-11-12-31(2,3)4/h6-10,13-16,21H,5,11-12,24H2,1-4H3. The van der Waals surface area contributed by atoms with Crippen LogP contribution in [0.4, 0.5) is 5.69 Å². The van der Waals surface area contributed by atoms with Crippen LogP contribution >= 0.6 is 0 Å². The van der Waals surface area contributed by atoms with Crippen LogP contribution < -0.4 is 10.6 Å². The number of rotatable bonds is 8. The molecule has 0 bridgehead atoms. The van der Waals surface area contributed by atoms with Gasteiger partial charge in [-0.2, -0.15) is 9.83 Å². The Kier molecular flexibility index (Phi) is 5.82. The SMILES string of the molecule is CCC(c1cccc(N)c1)n1cc(-c2ncnc3c2ccn3OCC[Si](C)(C)C)cn1. The quantitative estimate of drug-likeness (QED) is 0.322.